The topological polar surface area (TPSA) is 70.0 Å². The zero-order valence-electron chi connectivity index (χ0n) is 14.3. The van der Waals surface area contributed by atoms with Crippen molar-refractivity contribution in [2.45, 2.75) is 50.5 Å². The maximum Gasteiger partial charge on any atom is 0.573 e. The van der Waals surface area contributed by atoms with Crippen molar-refractivity contribution in [3.63, 3.8) is 0 Å². The molecule has 0 atom stereocenters. The average molecular weight is 373 g/mol. The number of alkyl halides is 3. The predicted molar refractivity (Wildman–Crippen MR) is 87.6 cm³/mol. The van der Waals surface area contributed by atoms with Crippen molar-refractivity contribution >= 4 is 11.6 Å². The summed E-state index contributed by atoms with van der Waals surface area (Å²) in [6, 6.07) is 5.29. The normalized spacial score (nSPS) is 29.4. The van der Waals surface area contributed by atoms with Gasteiger partial charge in [0.2, 0.25) is 5.91 Å². The molecule has 1 heterocycles. The Morgan fingerprint density at radius 2 is 1.69 bits per heavy atom. The van der Waals surface area contributed by atoms with E-state index >= 15 is 0 Å². The summed E-state index contributed by atoms with van der Waals surface area (Å²) < 4.78 is 40.6. The molecule has 1 amide bonds. The summed E-state index contributed by atoms with van der Waals surface area (Å²) in [5, 5.41) is 19.5. The van der Waals surface area contributed by atoms with Crippen LogP contribution in [0.25, 0.3) is 0 Å². The first-order chi connectivity index (χ1) is 12.2. The Labute approximate surface area is 149 Å². The maximum absolute atomic E-state index is 12.9. The van der Waals surface area contributed by atoms with Crippen LogP contribution in [0.4, 0.5) is 18.9 Å². The number of aliphatic hydroxyl groups excluding tert-OH is 1. The van der Waals surface area contributed by atoms with E-state index in [1.165, 1.54) is 24.3 Å². The Kier molecular flexibility index (Phi) is 4.92. The van der Waals surface area contributed by atoms with Crippen LogP contribution in [0.2, 0.25) is 0 Å². The van der Waals surface area contributed by atoms with Gasteiger partial charge in [0.25, 0.3) is 0 Å². The first-order valence-electron chi connectivity index (χ1n) is 8.68. The van der Waals surface area contributed by atoms with Crippen LogP contribution in [0.15, 0.2) is 24.3 Å². The molecule has 2 N–H and O–H groups in total. The quantitative estimate of drug-likeness (QED) is 0.851. The number of nitrogens with zero attached hydrogens (tertiary/aromatic N) is 1. The highest BCUT2D eigenvalue weighted by Crippen LogP contribution is 2.49. The molecule has 0 bridgehead atoms. The minimum absolute atomic E-state index is 0.0481. The zero-order chi connectivity index (χ0) is 19.0. The van der Waals surface area contributed by atoms with Crippen molar-refractivity contribution in [1.29, 1.82) is 0 Å². The van der Waals surface area contributed by atoms with Gasteiger partial charge in [-0.1, -0.05) is 0 Å². The molecule has 0 aromatic heterocycles. The van der Waals surface area contributed by atoms with Crippen LogP contribution in [0.1, 0.15) is 38.5 Å². The standard InChI is InChI=1S/C18H22F3NO4/c19-18(20,21)26-14-3-1-13(2-4-14)22-11-9-16(15(22)24)5-7-17(25,8-6-16)10-12-23/h1-4,23,25H,5-12H2. The highest BCUT2D eigenvalue weighted by molar-refractivity contribution is 6.00. The van der Waals surface area contributed by atoms with E-state index in [0.29, 0.717) is 50.8 Å². The molecule has 1 aliphatic carbocycles. The number of benzene rings is 1. The van der Waals surface area contributed by atoms with Crippen molar-refractivity contribution in [2.24, 2.45) is 5.41 Å². The van der Waals surface area contributed by atoms with Crippen LogP contribution in [0.3, 0.4) is 0 Å². The van der Waals surface area contributed by atoms with Crippen molar-refractivity contribution in [3.8, 4) is 5.75 Å². The van der Waals surface area contributed by atoms with Crippen LogP contribution >= 0.6 is 0 Å². The number of amides is 1. The second-order valence-corrected chi connectivity index (χ2v) is 7.23. The predicted octanol–water partition coefficient (Wildman–Crippen LogP) is 3.00. The monoisotopic (exact) mass is 373 g/mol. The van der Waals surface area contributed by atoms with Gasteiger partial charge in [-0.15, -0.1) is 13.2 Å². The van der Waals surface area contributed by atoms with Crippen molar-refractivity contribution < 1.29 is 32.9 Å². The third kappa shape index (κ3) is 3.81. The van der Waals surface area contributed by atoms with E-state index in [4.69, 9.17) is 5.11 Å². The van der Waals surface area contributed by atoms with Gasteiger partial charge in [0, 0.05) is 18.8 Å². The van der Waals surface area contributed by atoms with Gasteiger partial charge in [0.1, 0.15) is 5.75 Å². The first kappa shape index (κ1) is 19.0. The van der Waals surface area contributed by atoms with Gasteiger partial charge in [-0.3, -0.25) is 4.79 Å². The summed E-state index contributed by atoms with van der Waals surface area (Å²) in [5.41, 5.74) is -0.898. The molecular formula is C18H22F3NO4. The summed E-state index contributed by atoms with van der Waals surface area (Å²) in [6.45, 7) is 0.409. The fourth-order valence-corrected chi connectivity index (χ4v) is 4.01. The van der Waals surface area contributed by atoms with Crippen LogP contribution in [0, 0.1) is 5.41 Å². The molecule has 2 aliphatic rings. The molecule has 144 valence electrons. The fraction of sp³-hybridized carbons (Fsp3) is 0.611. The highest BCUT2D eigenvalue weighted by Gasteiger charge is 2.51. The van der Waals surface area contributed by atoms with Gasteiger partial charge in [-0.2, -0.15) is 0 Å². The van der Waals surface area contributed by atoms with Gasteiger partial charge in [0.15, 0.2) is 0 Å². The van der Waals surface area contributed by atoms with Gasteiger partial charge < -0.3 is 19.8 Å². The number of carbonyl (C=O) groups excluding carboxylic acids is 1. The number of halogens is 3. The number of hydrogen-bond donors (Lipinski definition) is 2. The summed E-state index contributed by atoms with van der Waals surface area (Å²) >= 11 is 0. The van der Waals surface area contributed by atoms with Crippen molar-refractivity contribution in [1.82, 2.24) is 0 Å². The molecule has 0 unspecified atom stereocenters. The number of hydrogen-bond acceptors (Lipinski definition) is 4. The number of rotatable bonds is 4. The van der Waals surface area contributed by atoms with E-state index in [1.807, 2.05) is 0 Å². The van der Waals surface area contributed by atoms with Gasteiger partial charge >= 0.3 is 6.36 Å². The van der Waals surface area contributed by atoms with E-state index in [1.54, 1.807) is 4.90 Å². The fourth-order valence-electron chi connectivity index (χ4n) is 4.01. The summed E-state index contributed by atoms with van der Waals surface area (Å²) in [6.07, 6.45) is -1.76. The Morgan fingerprint density at radius 3 is 2.23 bits per heavy atom. The van der Waals surface area contributed by atoms with Crippen LogP contribution in [0.5, 0.6) is 5.75 Å². The molecule has 1 saturated heterocycles. The summed E-state index contributed by atoms with van der Waals surface area (Å²) in [4.78, 5) is 14.5. The Balaban J connectivity index is 1.68. The van der Waals surface area contributed by atoms with E-state index in [2.05, 4.69) is 4.74 Å². The minimum atomic E-state index is -4.75. The first-order valence-corrected chi connectivity index (χ1v) is 8.68. The zero-order valence-corrected chi connectivity index (χ0v) is 14.3. The van der Waals surface area contributed by atoms with Crippen LogP contribution in [-0.4, -0.2) is 41.2 Å². The van der Waals surface area contributed by atoms with Crippen molar-refractivity contribution in [3.05, 3.63) is 24.3 Å². The molecule has 1 spiro atoms. The summed E-state index contributed by atoms with van der Waals surface area (Å²) in [5.74, 6) is -0.373. The number of anilines is 1. The Morgan fingerprint density at radius 1 is 1.08 bits per heavy atom. The molecule has 8 heteroatoms. The molecule has 1 aromatic carbocycles. The van der Waals surface area contributed by atoms with E-state index < -0.39 is 17.4 Å². The molecule has 5 nitrogen and oxygen atoms in total. The summed E-state index contributed by atoms with van der Waals surface area (Å²) in [7, 11) is 0. The number of carbonyl (C=O) groups is 1. The average Bonchev–Trinajstić information content (AvgIpc) is 2.88. The Bertz CT molecular complexity index is 651. The number of ether oxygens (including phenoxy) is 1. The third-order valence-corrected chi connectivity index (χ3v) is 5.61. The second kappa shape index (κ2) is 6.74. The molecular weight excluding hydrogens is 351 g/mol. The molecule has 26 heavy (non-hydrogen) atoms. The lowest BCUT2D eigenvalue weighted by Gasteiger charge is -2.40. The van der Waals surface area contributed by atoms with Gasteiger partial charge in [0.05, 0.1) is 11.0 Å². The van der Waals surface area contributed by atoms with Crippen molar-refractivity contribution in [2.75, 3.05) is 18.1 Å². The molecule has 3 rings (SSSR count). The molecule has 1 saturated carbocycles. The maximum atomic E-state index is 12.9. The second-order valence-electron chi connectivity index (χ2n) is 7.23. The minimum Gasteiger partial charge on any atom is -0.406 e. The lowest BCUT2D eigenvalue weighted by molar-refractivity contribution is -0.274. The van der Waals surface area contributed by atoms with E-state index in [-0.39, 0.29) is 18.3 Å². The van der Waals surface area contributed by atoms with Crippen LogP contribution in [-0.2, 0) is 4.79 Å². The number of aliphatic hydroxyl groups is 2. The van der Waals surface area contributed by atoms with Gasteiger partial charge in [-0.05, 0) is 62.8 Å². The van der Waals surface area contributed by atoms with E-state index in [0.717, 1.165) is 0 Å². The van der Waals surface area contributed by atoms with Crippen LogP contribution < -0.4 is 9.64 Å². The highest BCUT2D eigenvalue weighted by atomic mass is 19.4. The largest absolute Gasteiger partial charge is 0.573 e. The lowest BCUT2D eigenvalue weighted by atomic mass is 9.67. The lowest BCUT2D eigenvalue weighted by Crippen LogP contribution is -2.43. The molecule has 1 aliphatic heterocycles. The molecule has 1 aromatic rings. The Hall–Kier alpha value is -1.80. The smallest absolute Gasteiger partial charge is 0.406 e. The molecule has 0 radical (unpaired) electrons. The SMILES string of the molecule is O=C1N(c2ccc(OC(F)(F)F)cc2)CCC12CCC(O)(CCO)CC2. The van der Waals surface area contributed by atoms with E-state index in [9.17, 15) is 23.1 Å². The molecule has 2 fully saturated rings. The third-order valence-electron chi connectivity index (χ3n) is 5.61. The van der Waals surface area contributed by atoms with Gasteiger partial charge in [-0.25, -0.2) is 0 Å².